The van der Waals surface area contributed by atoms with Gasteiger partial charge in [-0.25, -0.2) is 0 Å². The quantitative estimate of drug-likeness (QED) is 0.782. The lowest BCUT2D eigenvalue weighted by molar-refractivity contribution is 0.0784. The van der Waals surface area contributed by atoms with Crippen LogP contribution in [0.25, 0.3) is 11.3 Å². The Hall–Kier alpha value is -3.01. The number of phenolic OH excluding ortho intramolecular Hbond substituents is 1. The van der Waals surface area contributed by atoms with E-state index in [1.54, 1.807) is 42.3 Å². The molecule has 0 saturated carbocycles. The van der Waals surface area contributed by atoms with Crippen molar-refractivity contribution in [2.45, 2.75) is 13.5 Å². The number of hydrogen-bond donors (Lipinski definition) is 1. The smallest absolute Gasteiger partial charge is 0.253 e. The van der Waals surface area contributed by atoms with Crippen LogP contribution in [0.1, 0.15) is 21.7 Å². The first kappa shape index (κ1) is 15.9. The van der Waals surface area contributed by atoms with E-state index in [4.69, 9.17) is 4.42 Å². The van der Waals surface area contributed by atoms with E-state index in [0.29, 0.717) is 12.1 Å². The summed E-state index contributed by atoms with van der Waals surface area (Å²) in [5, 5.41) is 9.83. The lowest BCUT2D eigenvalue weighted by Gasteiger charge is -2.18. The molecular formula is C20H19NO3. The summed E-state index contributed by atoms with van der Waals surface area (Å²) >= 11 is 0. The average Bonchev–Trinajstić information content (AvgIpc) is 3.03. The predicted molar refractivity (Wildman–Crippen MR) is 92.8 cm³/mol. The topological polar surface area (TPSA) is 53.7 Å². The number of aromatic hydroxyl groups is 1. The second-order valence-electron chi connectivity index (χ2n) is 5.78. The molecule has 0 saturated heterocycles. The molecule has 3 rings (SSSR count). The van der Waals surface area contributed by atoms with Gasteiger partial charge < -0.3 is 14.4 Å². The molecule has 0 radical (unpaired) electrons. The van der Waals surface area contributed by atoms with Crippen LogP contribution in [-0.2, 0) is 6.54 Å². The van der Waals surface area contributed by atoms with E-state index in [-0.39, 0.29) is 11.7 Å². The summed E-state index contributed by atoms with van der Waals surface area (Å²) in [5.41, 5.74) is 2.25. The Morgan fingerprint density at radius 1 is 1.04 bits per heavy atom. The minimum Gasteiger partial charge on any atom is -0.508 e. The number of amides is 1. The molecule has 1 N–H and O–H groups in total. The Labute approximate surface area is 141 Å². The van der Waals surface area contributed by atoms with Crippen molar-refractivity contribution >= 4 is 5.91 Å². The molecule has 4 heteroatoms. The lowest BCUT2D eigenvalue weighted by Crippen LogP contribution is -2.26. The van der Waals surface area contributed by atoms with Gasteiger partial charge in [-0.2, -0.15) is 0 Å². The highest BCUT2D eigenvalue weighted by Crippen LogP contribution is 2.23. The van der Waals surface area contributed by atoms with E-state index in [0.717, 1.165) is 22.6 Å². The molecule has 0 atom stereocenters. The number of nitrogens with zero attached hydrogens (tertiary/aromatic N) is 1. The molecule has 0 unspecified atom stereocenters. The van der Waals surface area contributed by atoms with Crippen molar-refractivity contribution in [2.75, 3.05) is 7.05 Å². The van der Waals surface area contributed by atoms with E-state index in [9.17, 15) is 9.90 Å². The molecule has 0 fully saturated rings. The third-order valence-corrected chi connectivity index (χ3v) is 3.90. The first-order chi connectivity index (χ1) is 11.5. The minimum atomic E-state index is -0.0968. The zero-order valence-corrected chi connectivity index (χ0v) is 13.7. The molecular weight excluding hydrogens is 302 g/mol. The summed E-state index contributed by atoms with van der Waals surface area (Å²) in [6.45, 7) is 2.25. The van der Waals surface area contributed by atoms with E-state index >= 15 is 0 Å². The van der Waals surface area contributed by atoms with Crippen molar-refractivity contribution in [2.24, 2.45) is 0 Å². The number of aryl methyl sites for hydroxylation is 1. The number of rotatable bonds is 4. The van der Waals surface area contributed by atoms with Crippen LogP contribution >= 0.6 is 0 Å². The van der Waals surface area contributed by atoms with E-state index < -0.39 is 0 Å². The summed E-state index contributed by atoms with van der Waals surface area (Å²) in [6.07, 6.45) is 0. The lowest BCUT2D eigenvalue weighted by atomic mass is 10.1. The Kier molecular flexibility index (Phi) is 4.38. The zero-order chi connectivity index (χ0) is 17.1. The number of carbonyl (C=O) groups excluding carboxylic acids is 1. The van der Waals surface area contributed by atoms with Crippen LogP contribution in [0.5, 0.6) is 5.75 Å². The summed E-state index contributed by atoms with van der Waals surface area (Å²) < 4.78 is 5.59. The fourth-order valence-electron chi connectivity index (χ4n) is 2.56. The van der Waals surface area contributed by atoms with Crippen LogP contribution in [0.15, 0.2) is 65.1 Å². The van der Waals surface area contributed by atoms with Gasteiger partial charge in [-0.05, 0) is 37.3 Å². The Morgan fingerprint density at radius 2 is 1.75 bits per heavy atom. The molecule has 122 valence electrons. The molecule has 24 heavy (non-hydrogen) atoms. The van der Waals surface area contributed by atoms with Gasteiger partial charge in [0, 0.05) is 30.3 Å². The summed E-state index contributed by atoms with van der Waals surface area (Å²) in [4.78, 5) is 14.1. The number of para-hydroxylation sites is 1. The Balaban J connectivity index is 1.74. The summed E-state index contributed by atoms with van der Waals surface area (Å²) in [6, 6.07) is 18.2. The third kappa shape index (κ3) is 3.33. The monoisotopic (exact) mass is 321 g/mol. The highest BCUT2D eigenvalue weighted by atomic mass is 16.3. The number of furan rings is 1. The van der Waals surface area contributed by atoms with Crippen LogP contribution in [0.2, 0.25) is 0 Å². The van der Waals surface area contributed by atoms with Gasteiger partial charge >= 0.3 is 0 Å². The molecule has 0 aliphatic heterocycles. The van der Waals surface area contributed by atoms with Crippen LogP contribution in [0.4, 0.5) is 0 Å². The number of hydrogen-bond acceptors (Lipinski definition) is 3. The molecule has 0 aliphatic carbocycles. The van der Waals surface area contributed by atoms with Crippen LogP contribution in [-0.4, -0.2) is 23.0 Å². The zero-order valence-electron chi connectivity index (χ0n) is 13.7. The highest BCUT2D eigenvalue weighted by molar-refractivity contribution is 5.94. The van der Waals surface area contributed by atoms with Crippen molar-refractivity contribution in [3.05, 3.63) is 77.6 Å². The van der Waals surface area contributed by atoms with Crippen molar-refractivity contribution in [3.8, 4) is 17.1 Å². The molecule has 1 amide bonds. The van der Waals surface area contributed by atoms with Gasteiger partial charge in [-0.3, -0.25) is 4.79 Å². The normalized spacial score (nSPS) is 10.6. The maximum atomic E-state index is 12.5. The second kappa shape index (κ2) is 6.62. The minimum absolute atomic E-state index is 0.0968. The van der Waals surface area contributed by atoms with Gasteiger partial charge in [0.15, 0.2) is 0 Å². The van der Waals surface area contributed by atoms with Gasteiger partial charge in [0.05, 0.1) is 0 Å². The molecule has 1 heterocycles. The summed E-state index contributed by atoms with van der Waals surface area (Å²) in [7, 11) is 1.72. The van der Waals surface area contributed by atoms with Crippen molar-refractivity contribution in [1.82, 2.24) is 4.90 Å². The van der Waals surface area contributed by atoms with Gasteiger partial charge in [-0.15, -0.1) is 0 Å². The number of phenols is 1. The largest absolute Gasteiger partial charge is 0.508 e. The van der Waals surface area contributed by atoms with Crippen LogP contribution in [0.3, 0.4) is 0 Å². The number of benzene rings is 2. The van der Waals surface area contributed by atoms with Gasteiger partial charge in [0.1, 0.15) is 17.3 Å². The molecule has 4 nitrogen and oxygen atoms in total. The number of carbonyl (C=O) groups is 1. The van der Waals surface area contributed by atoms with Gasteiger partial charge in [0.25, 0.3) is 5.91 Å². The maximum absolute atomic E-state index is 12.5. The summed E-state index contributed by atoms with van der Waals surface area (Å²) in [5.74, 6) is 1.74. The van der Waals surface area contributed by atoms with E-state index in [1.165, 1.54) is 0 Å². The van der Waals surface area contributed by atoms with Crippen molar-refractivity contribution in [3.63, 3.8) is 0 Å². The first-order valence-corrected chi connectivity index (χ1v) is 7.74. The highest BCUT2D eigenvalue weighted by Gasteiger charge is 2.14. The van der Waals surface area contributed by atoms with E-state index in [2.05, 4.69) is 0 Å². The average molecular weight is 321 g/mol. The molecule has 0 aliphatic rings. The standard InChI is InChI=1S/C20H19NO3/c1-14-7-12-19(24-14)15-8-10-16(11-9-15)20(23)21(2)13-17-5-3-4-6-18(17)22/h3-12,22H,13H2,1-2H3. The molecule has 2 aromatic carbocycles. The fourth-order valence-corrected chi connectivity index (χ4v) is 2.56. The predicted octanol–water partition coefficient (Wildman–Crippen LogP) is 4.23. The van der Waals surface area contributed by atoms with Crippen molar-refractivity contribution in [1.29, 1.82) is 0 Å². The molecule has 1 aromatic heterocycles. The van der Waals surface area contributed by atoms with Crippen LogP contribution < -0.4 is 0 Å². The Morgan fingerprint density at radius 3 is 2.38 bits per heavy atom. The maximum Gasteiger partial charge on any atom is 0.253 e. The fraction of sp³-hybridized carbons (Fsp3) is 0.150. The molecule has 0 bridgehead atoms. The third-order valence-electron chi connectivity index (χ3n) is 3.90. The first-order valence-electron chi connectivity index (χ1n) is 7.74. The SMILES string of the molecule is Cc1ccc(-c2ccc(C(=O)N(C)Cc3ccccc3O)cc2)o1. The molecule has 0 spiro atoms. The van der Waals surface area contributed by atoms with Crippen LogP contribution in [0, 0.1) is 6.92 Å². The van der Waals surface area contributed by atoms with Gasteiger partial charge in [-0.1, -0.05) is 30.3 Å². The molecule has 3 aromatic rings. The van der Waals surface area contributed by atoms with Gasteiger partial charge in [0.2, 0.25) is 0 Å². The van der Waals surface area contributed by atoms with Crippen molar-refractivity contribution < 1.29 is 14.3 Å². The second-order valence-corrected chi connectivity index (χ2v) is 5.78. The van der Waals surface area contributed by atoms with E-state index in [1.807, 2.05) is 37.3 Å². The Bertz CT molecular complexity index is 849.